The number of benzene rings is 2. The van der Waals surface area contributed by atoms with Crippen molar-refractivity contribution in [1.29, 1.82) is 0 Å². The first-order valence-corrected chi connectivity index (χ1v) is 13.3. The highest BCUT2D eigenvalue weighted by Crippen LogP contribution is 2.26. The van der Waals surface area contributed by atoms with Crippen molar-refractivity contribution in [2.75, 3.05) is 22.9 Å². The minimum Gasteiger partial charge on any atom is -0.353 e. The Morgan fingerprint density at radius 1 is 1.13 bits per heavy atom. The minimum atomic E-state index is -3.69. The molecule has 0 aliphatic carbocycles. The summed E-state index contributed by atoms with van der Waals surface area (Å²) in [6.07, 6.45) is 1.40. The number of halogens is 3. The molecule has 0 aliphatic rings. The second-order valence-corrected chi connectivity index (χ2v) is 10.8. The largest absolute Gasteiger partial charge is 0.353 e. The smallest absolute Gasteiger partial charge is 0.243 e. The summed E-state index contributed by atoms with van der Waals surface area (Å²) in [4.78, 5) is 12.8. The van der Waals surface area contributed by atoms with Gasteiger partial charge >= 0.3 is 0 Å². The number of anilines is 1. The molecule has 164 valence electrons. The number of thioether (sulfide) groups is 1. The summed E-state index contributed by atoms with van der Waals surface area (Å²) in [6, 6.07) is 10.9. The van der Waals surface area contributed by atoms with Crippen LogP contribution in [0.4, 0.5) is 5.69 Å². The lowest BCUT2D eigenvalue weighted by Gasteiger charge is -2.30. The lowest BCUT2D eigenvalue weighted by atomic mass is 10.2. The fraction of sp³-hybridized carbons (Fsp3) is 0.350. The number of carbonyl (C=O) groups is 1. The number of hydrogen-bond donors (Lipinski definition) is 1. The van der Waals surface area contributed by atoms with E-state index in [9.17, 15) is 13.2 Å². The van der Waals surface area contributed by atoms with Crippen molar-refractivity contribution in [3.63, 3.8) is 0 Å². The van der Waals surface area contributed by atoms with Crippen LogP contribution in [0.1, 0.15) is 18.9 Å². The van der Waals surface area contributed by atoms with E-state index < -0.39 is 16.1 Å². The molecule has 30 heavy (non-hydrogen) atoms. The highest BCUT2D eigenvalue weighted by atomic mass is 35.5. The van der Waals surface area contributed by atoms with E-state index in [0.717, 1.165) is 16.1 Å². The van der Waals surface area contributed by atoms with Crippen LogP contribution in [-0.2, 0) is 20.6 Å². The number of nitrogens with zero attached hydrogens (tertiary/aromatic N) is 1. The second-order valence-electron chi connectivity index (χ2n) is 6.54. The molecular weight excluding hydrogens is 487 g/mol. The first-order valence-electron chi connectivity index (χ1n) is 9.17. The maximum Gasteiger partial charge on any atom is 0.243 e. The zero-order chi connectivity index (χ0) is 22.3. The lowest BCUT2D eigenvalue weighted by molar-refractivity contribution is -0.122. The standard InChI is InChI=1S/C20H23Cl3N2O3S2/c1-3-19(25(30(2,27)28)17-6-4-5-15(21)11-17)20(26)24-9-10-29-13-14-7-8-16(22)12-18(14)23/h4-8,11-12,19H,3,9-10,13H2,1-2H3,(H,24,26)/t19-/m1/s1. The number of amides is 1. The van der Waals surface area contributed by atoms with Crippen molar-refractivity contribution in [2.24, 2.45) is 0 Å². The highest BCUT2D eigenvalue weighted by molar-refractivity contribution is 7.98. The second kappa shape index (κ2) is 11.5. The zero-order valence-corrected chi connectivity index (χ0v) is 20.5. The molecule has 0 spiro atoms. The number of nitrogens with one attached hydrogen (secondary N) is 1. The Morgan fingerprint density at radius 2 is 1.83 bits per heavy atom. The number of hydrogen-bond acceptors (Lipinski definition) is 4. The summed E-state index contributed by atoms with van der Waals surface area (Å²) in [6.45, 7) is 2.17. The van der Waals surface area contributed by atoms with E-state index in [2.05, 4.69) is 5.32 Å². The molecular formula is C20H23Cl3N2O3S2. The maximum absolute atomic E-state index is 12.8. The molecule has 2 aromatic rings. The molecule has 0 fully saturated rings. The van der Waals surface area contributed by atoms with Crippen LogP contribution in [0.2, 0.25) is 15.1 Å². The third-order valence-corrected chi connectivity index (χ3v) is 7.22. The molecule has 0 aromatic heterocycles. The summed E-state index contributed by atoms with van der Waals surface area (Å²) >= 11 is 19.7. The first-order chi connectivity index (χ1) is 14.1. The van der Waals surface area contributed by atoms with Gasteiger partial charge in [0.05, 0.1) is 11.9 Å². The van der Waals surface area contributed by atoms with E-state index in [4.69, 9.17) is 34.8 Å². The number of rotatable bonds is 10. The van der Waals surface area contributed by atoms with Gasteiger partial charge in [-0.3, -0.25) is 9.10 Å². The molecule has 5 nitrogen and oxygen atoms in total. The maximum atomic E-state index is 12.8. The number of carbonyl (C=O) groups excluding carboxylic acids is 1. The first kappa shape index (κ1) is 25.1. The van der Waals surface area contributed by atoms with Crippen molar-refractivity contribution in [1.82, 2.24) is 5.32 Å². The molecule has 0 saturated carbocycles. The van der Waals surface area contributed by atoms with Crippen LogP contribution in [0.15, 0.2) is 42.5 Å². The van der Waals surface area contributed by atoms with Crippen molar-refractivity contribution in [2.45, 2.75) is 25.1 Å². The molecule has 0 radical (unpaired) electrons. The van der Waals surface area contributed by atoms with Crippen LogP contribution in [0.25, 0.3) is 0 Å². The van der Waals surface area contributed by atoms with Gasteiger partial charge in [-0.15, -0.1) is 0 Å². The molecule has 2 rings (SSSR count). The van der Waals surface area contributed by atoms with E-state index in [0.29, 0.717) is 45.2 Å². The Balaban J connectivity index is 1.97. The lowest BCUT2D eigenvalue weighted by Crippen LogP contribution is -2.49. The predicted octanol–water partition coefficient (Wildman–Crippen LogP) is 5.24. The number of sulfonamides is 1. The monoisotopic (exact) mass is 508 g/mol. The van der Waals surface area contributed by atoms with Gasteiger partial charge in [-0.25, -0.2) is 8.42 Å². The SMILES string of the molecule is CC[C@H](C(=O)NCCSCc1ccc(Cl)cc1Cl)N(c1cccc(Cl)c1)S(C)(=O)=O. The van der Waals surface area contributed by atoms with E-state index in [-0.39, 0.29) is 5.91 Å². The summed E-state index contributed by atoms with van der Waals surface area (Å²) < 4.78 is 25.9. The van der Waals surface area contributed by atoms with Crippen molar-refractivity contribution in [3.8, 4) is 0 Å². The van der Waals surface area contributed by atoms with Gasteiger partial charge in [0.1, 0.15) is 6.04 Å². The topological polar surface area (TPSA) is 66.5 Å². The van der Waals surface area contributed by atoms with Gasteiger partial charge in [-0.05, 0) is 42.3 Å². The van der Waals surface area contributed by atoms with Crippen LogP contribution in [0.5, 0.6) is 0 Å². The Kier molecular flexibility index (Phi) is 9.63. The summed E-state index contributed by atoms with van der Waals surface area (Å²) in [5, 5.41) is 4.42. The quantitative estimate of drug-likeness (QED) is 0.445. The molecule has 0 saturated heterocycles. The molecule has 0 aliphatic heterocycles. The predicted molar refractivity (Wildman–Crippen MR) is 128 cm³/mol. The van der Waals surface area contributed by atoms with Crippen LogP contribution < -0.4 is 9.62 Å². The Hall–Kier alpha value is -1.12. The van der Waals surface area contributed by atoms with Crippen LogP contribution in [-0.4, -0.2) is 38.9 Å². The van der Waals surface area contributed by atoms with Crippen molar-refractivity contribution >= 4 is 68.2 Å². The molecule has 2 aromatic carbocycles. The molecule has 0 unspecified atom stereocenters. The zero-order valence-electron chi connectivity index (χ0n) is 16.6. The van der Waals surface area contributed by atoms with E-state index in [1.54, 1.807) is 49.0 Å². The highest BCUT2D eigenvalue weighted by Gasteiger charge is 2.31. The molecule has 0 bridgehead atoms. The van der Waals surface area contributed by atoms with Crippen molar-refractivity contribution < 1.29 is 13.2 Å². The van der Waals surface area contributed by atoms with Gasteiger partial charge in [0.25, 0.3) is 0 Å². The van der Waals surface area contributed by atoms with Crippen LogP contribution in [0.3, 0.4) is 0 Å². The summed E-state index contributed by atoms with van der Waals surface area (Å²) in [5.74, 6) is 0.978. The molecule has 1 N–H and O–H groups in total. The van der Waals surface area contributed by atoms with Crippen molar-refractivity contribution in [3.05, 3.63) is 63.1 Å². The molecule has 1 atom stereocenters. The van der Waals surface area contributed by atoms with Crippen LogP contribution >= 0.6 is 46.6 Å². The Bertz CT molecular complexity index is 987. The third kappa shape index (κ3) is 7.24. The normalized spacial score (nSPS) is 12.4. The fourth-order valence-electron chi connectivity index (χ4n) is 2.86. The summed E-state index contributed by atoms with van der Waals surface area (Å²) in [7, 11) is -3.69. The van der Waals surface area contributed by atoms with Gasteiger partial charge in [0.15, 0.2) is 0 Å². The third-order valence-electron chi connectivity index (χ3n) is 4.21. The Labute approximate surface area is 197 Å². The average molecular weight is 510 g/mol. The minimum absolute atomic E-state index is 0.318. The van der Waals surface area contributed by atoms with E-state index in [1.165, 1.54) is 6.07 Å². The Morgan fingerprint density at radius 3 is 2.43 bits per heavy atom. The van der Waals surface area contributed by atoms with Gasteiger partial charge in [0, 0.05) is 33.1 Å². The van der Waals surface area contributed by atoms with Gasteiger partial charge in [0.2, 0.25) is 15.9 Å². The summed E-state index contributed by atoms with van der Waals surface area (Å²) in [5.41, 5.74) is 1.33. The van der Waals surface area contributed by atoms with E-state index in [1.807, 2.05) is 6.07 Å². The average Bonchev–Trinajstić information content (AvgIpc) is 2.66. The molecule has 10 heteroatoms. The van der Waals surface area contributed by atoms with E-state index >= 15 is 0 Å². The van der Waals surface area contributed by atoms with Gasteiger partial charge in [-0.1, -0.05) is 53.9 Å². The molecule has 1 amide bonds. The van der Waals surface area contributed by atoms with Gasteiger partial charge in [-0.2, -0.15) is 11.8 Å². The fourth-order valence-corrected chi connectivity index (χ4v) is 5.66. The van der Waals surface area contributed by atoms with Crippen LogP contribution in [0, 0.1) is 0 Å². The molecule has 0 heterocycles. The van der Waals surface area contributed by atoms with Gasteiger partial charge < -0.3 is 5.32 Å².